The normalized spacial score (nSPS) is 10.8. The molecule has 0 aliphatic carbocycles. The van der Waals surface area contributed by atoms with Crippen molar-refractivity contribution in [3.8, 4) is 5.69 Å². The highest BCUT2D eigenvalue weighted by molar-refractivity contribution is 5.44. The molecule has 2 rings (SSSR count). The molecule has 0 fully saturated rings. The quantitative estimate of drug-likeness (QED) is 0.877. The summed E-state index contributed by atoms with van der Waals surface area (Å²) in [4.78, 5) is 4.34. The van der Waals surface area contributed by atoms with Crippen molar-refractivity contribution in [2.45, 2.75) is 27.2 Å². The van der Waals surface area contributed by atoms with E-state index in [9.17, 15) is 0 Å². The van der Waals surface area contributed by atoms with Gasteiger partial charge in [-0.3, -0.25) is 0 Å². The zero-order valence-electron chi connectivity index (χ0n) is 10.7. The van der Waals surface area contributed by atoms with Crippen molar-refractivity contribution >= 4 is 0 Å². The molecule has 0 radical (unpaired) electrons. The van der Waals surface area contributed by atoms with Crippen molar-refractivity contribution in [2.24, 2.45) is 5.73 Å². The lowest BCUT2D eigenvalue weighted by molar-refractivity contribution is 0.951. The summed E-state index contributed by atoms with van der Waals surface area (Å²) in [7, 11) is 0. The molecule has 3 nitrogen and oxygen atoms in total. The highest BCUT2D eigenvalue weighted by Crippen LogP contribution is 2.19. The third kappa shape index (κ3) is 2.24. The van der Waals surface area contributed by atoms with Crippen LogP contribution in [0.3, 0.4) is 0 Å². The largest absolute Gasteiger partial charge is 0.330 e. The van der Waals surface area contributed by atoms with Gasteiger partial charge in [-0.25, -0.2) is 4.98 Å². The molecule has 1 aromatic heterocycles. The number of benzene rings is 1. The van der Waals surface area contributed by atoms with Crippen LogP contribution >= 0.6 is 0 Å². The second-order valence-electron chi connectivity index (χ2n) is 4.44. The minimum Gasteiger partial charge on any atom is -0.330 e. The molecule has 17 heavy (non-hydrogen) atoms. The Hall–Kier alpha value is -1.61. The van der Waals surface area contributed by atoms with Gasteiger partial charge in [0.05, 0.1) is 12.0 Å². The zero-order chi connectivity index (χ0) is 12.4. The van der Waals surface area contributed by atoms with Gasteiger partial charge >= 0.3 is 0 Å². The molecule has 0 saturated heterocycles. The first-order valence-electron chi connectivity index (χ1n) is 5.94. The standard InChI is InChI=1S/C14H19N3/c1-10-8-13(6-7-15)4-5-14(10)17-9-16-11(2)12(17)3/h4-5,8-9H,6-7,15H2,1-3H3. The van der Waals surface area contributed by atoms with E-state index in [1.807, 2.05) is 13.3 Å². The fraction of sp³-hybridized carbons (Fsp3) is 0.357. The molecule has 90 valence electrons. The second kappa shape index (κ2) is 4.72. The van der Waals surface area contributed by atoms with Crippen LogP contribution in [0.1, 0.15) is 22.5 Å². The van der Waals surface area contributed by atoms with Crippen LogP contribution in [0.4, 0.5) is 0 Å². The van der Waals surface area contributed by atoms with Crippen molar-refractivity contribution in [1.82, 2.24) is 9.55 Å². The topological polar surface area (TPSA) is 43.8 Å². The first kappa shape index (κ1) is 11.9. The van der Waals surface area contributed by atoms with Gasteiger partial charge in [0.25, 0.3) is 0 Å². The summed E-state index contributed by atoms with van der Waals surface area (Å²) in [5, 5.41) is 0. The molecule has 0 spiro atoms. The predicted octanol–water partition coefficient (Wildman–Crippen LogP) is 2.30. The highest BCUT2D eigenvalue weighted by Gasteiger charge is 2.07. The number of aryl methyl sites for hydroxylation is 2. The summed E-state index contributed by atoms with van der Waals surface area (Å²) < 4.78 is 2.14. The Labute approximate surface area is 102 Å². The van der Waals surface area contributed by atoms with Crippen LogP contribution < -0.4 is 5.73 Å². The van der Waals surface area contributed by atoms with Gasteiger partial charge in [0.1, 0.15) is 0 Å². The molecule has 0 amide bonds. The number of hydrogen-bond acceptors (Lipinski definition) is 2. The van der Waals surface area contributed by atoms with Crippen molar-refractivity contribution in [2.75, 3.05) is 6.54 Å². The van der Waals surface area contributed by atoms with Crippen molar-refractivity contribution < 1.29 is 0 Å². The van der Waals surface area contributed by atoms with E-state index in [1.165, 1.54) is 22.5 Å². The van der Waals surface area contributed by atoms with E-state index in [0.717, 1.165) is 12.1 Å². The van der Waals surface area contributed by atoms with Crippen LogP contribution in [0.5, 0.6) is 0 Å². The van der Waals surface area contributed by atoms with E-state index in [4.69, 9.17) is 5.73 Å². The maximum Gasteiger partial charge on any atom is 0.0997 e. The van der Waals surface area contributed by atoms with Gasteiger partial charge in [-0.15, -0.1) is 0 Å². The Bertz CT molecular complexity index is 526. The molecule has 0 bridgehead atoms. The van der Waals surface area contributed by atoms with Gasteiger partial charge in [0.2, 0.25) is 0 Å². The van der Waals surface area contributed by atoms with Gasteiger partial charge < -0.3 is 10.3 Å². The fourth-order valence-electron chi connectivity index (χ4n) is 2.05. The first-order valence-corrected chi connectivity index (χ1v) is 5.94. The van der Waals surface area contributed by atoms with Crippen LogP contribution in [0.2, 0.25) is 0 Å². The first-order chi connectivity index (χ1) is 8.13. The van der Waals surface area contributed by atoms with Crippen LogP contribution in [-0.4, -0.2) is 16.1 Å². The molecule has 0 aliphatic heterocycles. The number of rotatable bonds is 3. The monoisotopic (exact) mass is 229 g/mol. The van der Waals surface area contributed by atoms with E-state index in [0.29, 0.717) is 6.54 Å². The van der Waals surface area contributed by atoms with Crippen LogP contribution in [-0.2, 0) is 6.42 Å². The Morgan fingerprint density at radius 3 is 2.53 bits per heavy atom. The summed E-state index contributed by atoms with van der Waals surface area (Å²) in [6.07, 6.45) is 2.82. The fourth-order valence-corrected chi connectivity index (χ4v) is 2.05. The Morgan fingerprint density at radius 2 is 2.00 bits per heavy atom. The maximum absolute atomic E-state index is 5.57. The molecule has 2 aromatic rings. The SMILES string of the molecule is Cc1cc(CCN)ccc1-n1cnc(C)c1C. The lowest BCUT2D eigenvalue weighted by Gasteiger charge is -2.11. The molecular formula is C14H19N3. The third-order valence-corrected chi connectivity index (χ3v) is 3.21. The van der Waals surface area contributed by atoms with Gasteiger partial charge in [-0.05, 0) is 50.9 Å². The van der Waals surface area contributed by atoms with Gasteiger partial charge in [-0.2, -0.15) is 0 Å². The van der Waals surface area contributed by atoms with Gasteiger partial charge in [-0.1, -0.05) is 12.1 Å². The number of hydrogen-bond donors (Lipinski definition) is 1. The summed E-state index contributed by atoms with van der Waals surface area (Å²) in [6, 6.07) is 6.50. The molecule has 0 unspecified atom stereocenters. The van der Waals surface area contributed by atoms with E-state index >= 15 is 0 Å². The van der Waals surface area contributed by atoms with E-state index in [2.05, 4.69) is 41.6 Å². The molecular weight excluding hydrogens is 210 g/mol. The summed E-state index contributed by atoms with van der Waals surface area (Å²) in [5.74, 6) is 0. The predicted molar refractivity (Wildman–Crippen MR) is 70.5 cm³/mol. The molecule has 0 aliphatic rings. The van der Waals surface area contributed by atoms with Gasteiger partial charge in [0, 0.05) is 11.4 Å². The number of nitrogens with zero attached hydrogens (tertiary/aromatic N) is 2. The smallest absolute Gasteiger partial charge is 0.0997 e. The zero-order valence-corrected chi connectivity index (χ0v) is 10.7. The third-order valence-electron chi connectivity index (χ3n) is 3.21. The van der Waals surface area contributed by atoms with E-state index in [-0.39, 0.29) is 0 Å². The molecule has 0 atom stereocenters. The Morgan fingerprint density at radius 1 is 1.24 bits per heavy atom. The number of aromatic nitrogens is 2. The average molecular weight is 229 g/mol. The Balaban J connectivity index is 2.43. The summed E-state index contributed by atoms with van der Waals surface area (Å²) in [6.45, 7) is 6.95. The van der Waals surface area contributed by atoms with Gasteiger partial charge in [0.15, 0.2) is 0 Å². The molecule has 1 aromatic carbocycles. The van der Waals surface area contributed by atoms with E-state index < -0.39 is 0 Å². The summed E-state index contributed by atoms with van der Waals surface area (Å²) >= 11 is 0. The van der Waals surface area contributed by atoms with Crippen molar-refractivity contribution in [3.63, 3.8) is 0 Å². The maximum atomic E-state index is 5.57. The highest BCUT2D eigenvalue weighted by atomic mass is 15.1. The second-order valence-corrected chi connectivity index (χ2v) is 4.44. The van der Waals surface area contributed by atoms with Crippen LogP contribution in [0.25, 0.3) is 5.69 Å². The van der Waals surface area contributed by atoms with Crippen molar-refractivity contribution in [1.29, 1.82) is 0 Å². The summed E-state index contributed by atoms with van der Waals surface area (Å²) in [5.41, 5.74) is 11.6. The molecule has 1 heterocycles. The minimum atomic E-state index is 0.696. The molecule has 3 heteroatoms. The number of nitrogens with two attached hydrogens (primary N) is 1. The van der Waals surface area contributed by atoms with Crippen LogP contribution in [0, 0.1) is 20.8 Å². The molecule has 2 N–H and O–H groups in total. The lowest BCUT2D eigenvalue weighted by Crippen LogP contribution is -2.04. The lowest BCUT2D eigenvalue weighted by atomic mass is 10.1. The number of imidazole rings is 1. The minimum absolute atomic E-state index is 0.696. The Kier molecular flexibility index (Phi) is 3.29. The van der Waals surface area contributed by atoms with Crippen LogP contribution in [0.15, 0.2) is 24.5 Å². The average Bonchev–Trinajstić information content (AvgIpc) is 2.61. The van der Waals surface area contributed by atoms with E-state index in [1.54, 1.807) is 0 Å². The molecule has 0 saturated carbocycles. The van der Waals surface area contributed by atoms with Crippen molar-refractivity contribution in [3.05, 3.63) is 47.0 Å².